The average Bonchev–Trinajstić information content (AvgIpc) is 2.56. The van der Waals surface area contributed by atoms with E-state index < -0.39 is 10.0 Å². The molecule has 1 atom stereocenters. The first-order valence-electron chi connectivity index (χ1n) is 7.86. The number of piperidine rings is 1. The Balaban J connectivity index is 1.75. The fraction of sp³-hybridized carbons (Fsp3) is 0.667. The predicted molar refractivity (Wildman–Crippen MR) is 84.4 cm³/mol. The fourth-order valence-corrected chi connectivity index (χ4v) is 4.40. The van der Waals surface area contributed by atoms with Gasteiger partial charge in [-0.2, -0.15) is 4.31 Å². The zero-order valence-electron chi connectivity index (χ0n) is 12.9. The SMILES string of the molecule is CC1CCCN(c2ccc(S(=O)(=O)N3CCOCC3)cn2)C1. The second-order valence-corrected chi connectivity index (χ2v) is 8.00. The lowest BCUT2D eigenvalue weighted by Crippen LogP contribution is -2.40. The molecule has 0 aliphatic carbocycles. The standard InChI is InChI=1S/C15H23N3O3S/c1-13-3-2-6-17(12-13)15-5-4-14(11-16-15)22(19,20)18-7-9-21-10-8-18/h4-5,11,13H,2-3,6-10,12H2,1H3. The molecule has 3 rings (SSSR count). The molecule has 6 nitrogen and oxygen atoms in total. The van der Waals surface area contributed by atoms with E-state index in [0.717, 1.165) is 25.3 Å². The number of ether oxygens (including phenoxy) is 1. The topological polar surface area (TPSA) is 62.7 Å². The predicted octanol–water partition coefficient (Wildman–Crippen LogP) is 1.34. The Bertz CT molecular complexity index is 597. The summed E-state index contributed by atoms with van der Waals surface area (Å²) in [5.41, 5.74) is 0. The summed E-state index contributed by atoms with van der Waals surface area (Å²) in [4.78, 5) is 6.89. The van der Waals surface area contributed by atoms with Gasteiger partial charge in [-0.25, -0.2) is 13.4 Å². The Morgan fingerprint density at radius 3 is 2.64 bits per heavy atom. The second kappa shape index (κ2) is 6.52. The molecule has 0 aromatic carbocycles. The second-order valence-electron chi connectivity index (χ2n) is 6.06. The maximum absolute atomic E-state index is 12.5. The molecular formula is C15H23N3O3S. The van der Waals surface area contributed by atoms with Gasteiger partial charge in [-0.15, -0.1) is 0 Å². The van der Waals surface area contributed by atoms with Crippen molar-refractivity contribution >= 4 is 15.8 Å². The quantitative estimate of drug-likeness (QED) is 0.839. The van der Waals surface area contributed by atoms with Crippen LogP contribution in [0, 0.1) is 5.92 Å². The van der Waals surface area contributed by atoms with Gasteiger partial charge < -0.3 is 9.64 Å². The molecule has 1 aromatic rings. The minimum absolute atomic E-state index is 0.267. The number of anilines is 1. The lowest BCUT2D eigenvalue weighted by Gasteiger charge is -2.32. The number of nitrogens with zero attached hydrogens (tertiary/aromatic N) is 3. The van der Waals surface area contributed by atoms with Crippen LogP contribution in [0.15, 0.2) is 23.2 Å². The average molecular weight is 325 g/mol. The van der Waals surface area contributed by atoms with Crippen LogP contribution in [0.5, 0.6) is 0 Å². The van der Waals surface area contributed by atoms with Crippen molar-refractivity contribution in [1.82, 2.24) is 9.29 Å². The number of hydrogen-bond acceptors (Lipinski definition) is 5. The fourth-order valence-electron chi connectivity index (χ4n) is 3.05. The van der Waals surface area contributed by atoms with Crippen molar-refractivity contribution in [3.63, 3.8) is 0 Å². The van der Waals surface area contributed by atoms with Gasteiger partial charge in [0.15, 0.2) is 0 Å². The lowest BCUT2D eigenvalue weighted by molar-refractivity contribution is 0.0730. The van der Waals surface area contributed by atoms with Crippen molar-refractivity contribution < 1.29 is 13.2 Å². The van der Waals surface area contributed by atoms with Crippen molar-refractivity contribution in [2.45, 2.75) is 24.7 Å². The van der Waals surface area contributed by atoms with Crippen molar-refractivity contribution in [3.05, 3.63) is 18.3 Å². The van der Waals surface area contributed by atoms with Gasteiger partial charge in [0.1, 0.15) is 10.7 Å². The summed E-state index contributed by atoms with van der Waals surface area (Å²) in [7, 11) is -3.45. The van der Waals surface area contributed by atoms with E-state index in [1.807, 2.05) is 6.07 Å². The highest BCUT2D eigenvalue weighted by Gasteiger charge is 2.27. The van der Waals surface area contributed by atoms with Crippen LogP contribution in [-0.2, 0) is 14.8 Å². The molecule has 2 aliphatic heterocycles. The van der Waals surface area contributed by atoms with Gasteiger partial charge in [0, 0.05) is 32.4 Å². The number of pyridine rings is 1. The molecular weight excluding hydrogens is 302 g/mol. The Morgan fingerprint density at radius 1 is 1.23 bits per heavy atom. The molecule has 0 saturated carbocycles. The number of rotatable bonds is 3. The van der Waals surface area contributed by atoms with Crippen LogP contribution >= 0.6 is 0 Å². The third kappa shape index (κ3) is 3.26. The molecule has 3 heterocycles. The Morgan fingerprint density at radius 2 is 2.00 bits per heavy atom. The van der Waals surface area contributed by atoms with Crippen LogP contribution in [0.2, 0.25) is 0 Å². The molecule has 1 aromatic heterocycles. The third-order valence-electron chi connectivity index (χ3n) is 4.31. The number of aromatic nitrogens is 1. The van der Waals surface area contributed by atoms with Crippen LogP contribution < -0.4 is 4.90 Å². The minimum Gasteiger partial charge on any atom is -0.379 e. The molecule has 0 spiro atoms. The van der Waals surface area contributed by atoms with Crippen LogP contribution in [0.25, 0.3) is 0 Å². The van der Waals surface area contributed by atoms with E-state index in [1.165, 1.54) is 16.9 Å². The summed E-state index contributed by atoms with van der Waals surface area (Å²) in [5.74, 6) is 1.53. The molecule has 2 aliphatic rings. The molecule has 0 bridgehead atoms. The van der Waals surface area contributed by atoms with E-state index in [9.17, 15) is 8.42 Å². The van der Waals surface area contributed by atoms with Gasteiger partial charge in [0.2, 0.25) is 10.0 Å². The Kier molecular flexibility index (Phi) is 4.65. The van der Waals surface area contributed by atoms with Gasteiger partial charge in [-0.1, -0.05) is 6.92 Å². The lowest BCUT2D eigenvalue weighted by atomic mass is 10.0. The normalized spacial score (nSPS) is 24.4. The largest absolute Gasteiger partial charge is 0.379 e. The van der Waals surface area contributed by atoms with Gasteiger partial charge in [-0.3, -0.25) is 0 Å². The van der Waals surface area contributed by atoms with Crippen LogP contribution in [0.1, 0.15) is 19.8 Å². The highest BCUT2D eigenvalue weighted by atomic mass is 32.2. The first-order valence-corrected chi connectivity index (χ1v) is 9.30. The number of hydrogen-bond donors (Lipinski definition) is 0. The number of morpholine rings is 1. The van der Waals surface area contributed by atoms with Gasteiger partial charge in [-0.05, 0) is 30.9 Å². The summed E-state index contributed by atoms with van der Waals surface area (Å²) in [6, 6.07) is 3.50. The van der Waals surface area contributed by atoms with Gasteiger partial charge >= 0.3 is 0 Å². The zero-order valence-corrected chi connectivity index (χ0v) is 13.8. The molecule has 0 N–H and O–H groups in total. The van der Waals surface area contributed by atoms with E-state index in [4.69, 9.17) is 4.74 Å². The van der Waals surface area contributed by atoms with E-state index in [-0.39, 0.29) is 4.90 Å². The Hall–Kier alpha value is -1.18. The molecule has 7 heteroatoms. The van der Waals surface area contributed by atoms with E-state index in [2.05, 4.69) is 16.8 Å². The molecule has 0 radical (unpaired) electrons. The van der Waals surface area contributed by atoms with Gasteiger partial charge in [0.25, 0.3) is 0 Å². The first kappa shape index (κ1) is 15.7. The van der Waals surface area contributed by atoms with Gasteiger partial charge in [0.05, 0.1) is 13.2 Å². The molecule has 1 unspecified atom stereocenters. The summed E-state index contributed by atoms with van der Waals surface area (Å²) in [6.07, 6.45) is 3.90. The molecule has 2 fully saturated rings. The zero-order chi connectivity index (χ0) is 15.6. The molecule has 22 heavy (non-hydrogen) atoms. The summed E-state index contributed by atoms with van der Waals surface area (Å²) >= 11 is 0. The van der Waals surface area contributed by atoms with E-state index >= 15 is 0 Å². The summed E-state index contributed by atoms with van der Waals surface area (Å²) < 4.78 is 31.8. The summed E-state index contributed by atoms with van der Waals surface area (Å²) in [6.45, 7) is 5.95. The summed E-state index contributed by atoms with van der Waals surface area (Å²) in [5, 5.41) is 0. The van der Waals surface area contributed by atoms with E-state index in [1.54, 1.807) is 6.07 Å². The number of sulfonamides is 1. The minimum atomic E-state index is -3.45. The third-order valence-corrected chi connectivity index (χ3v) is 6.19. The van der Waals surface area contributed by atoms with Crippen LogP contribution in [-0.4, -0.2) is 57.1 Å². The molecule has 122 valence electrons. The molecule has 0 amide bonds. The van der Waals surface area contributed by atoms with Crippen LogP contribution in [0.4, 0.5) is 5.82 Å². The first-order chi connectivity index (χ1) is 10.6. The van der Waals surface area contributed by atoms with E-state index in [0.29, 0.717) is 32.2 Å². The highest BCUT2D eigenvalue weighted by molar-refractivity contribution is 7.89. The Labute approximate surface area is 132 Å². The van der Waals surface area contributed by atoms with Crippen molar-refractivity contribution in [2.24, 2.45) is 5.92 Å². The monoisotopic (exact) mass is 325 g/mol. The van der Waals surface area contributed by atoms with Crippen LogP contribution in [0.3, 0.4) is 0 Å². The maximum atomic E-state index is 12.5. The smallest absolute Gasteiger partial charge is 0.244 e. The van der Waals surface area contributed by atoms with Crippen molar-refractivity contribution in [1.29, 1.82) is 0 Å². The highest BCUT2D eigenvalue weighted by Crippen LogP contribution is 2.23. The van der Waals surface area contributed by atoms with Crippen molar-refractivity contribution in [3.8, 4) is 0 Å². The molecule has 2 saturated heterocycles. The maximum Gasteiger partial charge on any atom is 0.244 e. The van der Waals surface area contributed by atoms with Crippen molar-refractivity contribution in [2.75, 3.05) is 44.3 Å².